The molecule has 1 aromatic rings. The van der Waals surface area contributed by atoms with Crippen LogP contribution in [0.1, 0.15) is 45.1 Å². The summed E-state index contributed by atoms with van der Waals surface area (Å²) in [4.78, 5) is 23.9. The molecule has 0 bridgehead atoms. The summed E-state index contributed by atoms with van der Waals surface area (Å²) in [5, 5.41) is 3.33. The standard InChI is InChI=1S/C21H28ClNO5/c1-4-27-18-12-15(11-16(22)21(18)26-3)9-10-20(25)28-13-19(24)23-17-8-6-5-7-14(17)2/h9-12,14,17H,4-8,13H2,1-3H3,(H,23,24)/b10-9+/t14-,17-/m0/s1. The van der Waals surface area contributed by atoms with E-state index in [2.05, 4.69) is 12.2 Å². The van der Waals surface area contributed by atoms with Gasteiger partial charge in [-0.1, -0.05) is 31.4 Å². The molecule has 1 aromatic carbocycles. The highest BCUT2D eigenvalue weighted by Gasteiger charge is 2.23. The lowest BCUT2D eigenvalue weighted by Gasteiger charge is -2.29. The number of carbonyl (C=O) groups excluding carboxylic acids is 2. The molecular weight excluding hydrogens is 382 g/mol. The monoisotopic (exact) mass is 409 g/mol. The van der Waals surface area contributed by atoms with E-state index in [0.29, 0.717) is 34.6 Å². The van der Waals surface area contributed by atoms with Crippen molar-refractivity contribution in [3.05, 3.63) is 28.8 Å². The Bertz CT molecular complexity index is 719. The average molecular weight is 410 g/mol. The van der Waals surface area contributed by atoms with Crippen LogP contribution in [0.4, 0.5) is 0 Å². The van der Waals surface area contributed by atoms with Crippen LogP contribution in [0.15, 0.2) is 18.2 Å². The van der Waals surface area contributed by atoms with Crippen molar-refractivity contribution >= 4 is 29.6 Å². The first-order valence-electron chi connectivity index (χ1n) is 9.59. The molecule has 1 amide bonds. The van der Waals surface area contributed by atoms with Crippen LogP contribution in [-0.4, -0.2) is 38.2 Å². The Morgan fingerprint density at radius 1 is 1.29 bits per heavy atom. The first-order valence-corrected chi connectivity index (χ1v) is 9.97. The second kappa shape index (κ2) is 11.0. The Hall–Kier alpha value is -2.21. The largest absolute Gasteiger partial charge is 0.491 e. The quantitative estimate of drug-likeness (QED) is 0.519. The smallest absolute Gasteiger partial charge is 0.331 e. The third-order valence-electron chi connectivity index (χ3n) is 4.75. The minimum absolute atomic E-state index is 0.161. The maximum Gasteiger partial charge on any atom is 0.331 e. The van der Waals surface area contributed by atoms with E-state index in [1.807, 2.05) is 6.92 Å². The molecule has 0 saturated heterocycles. The van der Waals surface area contributed by atoms with Gasteiger partial charge in [0.25, 0.3) is 5.91 Å². The molecule has 0 unspecified atom stereocenters. The van der Waals surface area contributed by atoms with E-state index in [1.165, 1.54) is 19.6 Å². The van der Waals surface area contributed by atoms with Crippen molar-refractivity contribution < 1.29 is 23.8 Å². The Balaban J connectivity index is 1.88. The van der Waals surface area contributed by atoms with Crippen molar-refractivity contribution in [2.75, 3.05) is 20.3 Å². The number of halogens is 1. The van der Waals surface area contributed by atoms with Crippen molar-refractivity contribution in [1.82, 2.24) is 5.32 Å². The maximum absolute atomic E-state index is 12.0. The van der Waals surface area contributed by atoms with Gasteiger partial charge in [0, 0.05) is 12.1 Å². The van der Waals surface area contributed by atoms with E-state index in [1.54, 1.807) is 18.2 Å². The second-order valence-electron chi connectivity index (χ2n) is 6.84. The molecule has 1 aliphatic carbocycles. The molecule has 6 nitrogen and oxygen atoms in total. The molecule has 28 heavy (non-hydrogen) atoms. The molecular formula is C21H28ClNO5. The first-order chi connectivity index (χ1) is 13.4. The number of hydrogen-bond donors (Lipinski definition) is 1. The van der Waals surface area contributed by atoms with E-state index in [4.69, 9.17) is 25.8 Å². The van der Waals surface area contributed by atoms with Gasteiger partial charge in [0.15, 0.2) is 18.1 Å². The normalized spacial score (nSPS) is 19.3. The van der Waals surface area contributed by atoms with Crippen LogP contribution >= 0.6 is 11.6 Å². The summed E-state index contributed by atoms with van der Waals surface area (Å²) in [5.41, 5.74) is 0.659. The summed E-state index contributed by atoms with van der Waals surface area (Å²) in [7, 11) is 1.51. The highest BCUT2D eigenvalue weighted by atomic mass is 35.5. The van der Waals surface area contributed by atoms with Crippen LogP contribution in [0, 0.1) is 5.92 Å². The van der Waals surface area contributed by atoms with Crippen molar-refractivity contribution in [2.24, 2.45) is 5.92 Å². The van der Waals surface area contributed by atoms with E-state index >= 15 is 0 Å². The van der Waals surface area contributed by atoms with Crippen molar-refractivity contribution in [1.29, 1.82) is 0 Å². The van der Waals surface area contributed by atoms with Gasteiger partial charge >= 0.3 is 5.97 Å². The number of carbonyl (C=O) groups is 2. The van der Waals surface area contributed by atoms with Crippen LogP contribution in [0.25, 0.3) is 6.08 Å². The van der Waals surface area contributed by atoms with Gasteiger partial charge in [-0.05, 0) is 49.5 Å². The minimum Gasteiger partial charge on any atom is -0.491 e. The lowest BCUT2D eigenvalue weighted by molar-refractivity contribution is -0.144. The van der Waals surface area contributed by atoms with Gasteiger partial charge in [-0.3, -0.25) is 4.79 Å². The number of amides is 1. The van der Waals surface area contributed by atoms with Crippen LogP contribution in [-0.2, 0) is 14.3 Å². The molecule has 0 heterocycles. The minimum atomic E-state index is -0.600. The van der Waals surface area contributed by atoms with Gasteiger partial charge in [0.1, 0.15) is 0 Å². The molecule has 0 aliphatic heterocycles. The first kappa shape index (κ1) is 22.1. The molecule has 0 aromatic heterocycles. The number of methoxy groups -OCH3 is 1. The van der Waals surface area contributed by atoms with Crippen LogP contribution in [0.5, 0.6) is 11.5 Å². The predicted molar refractivity (Wildman–Crippen MR) is 109 cm³/mol. The van der Waals surface area contributed by atoms with Crippen molar-refractivity contribution in [3.8, 4) is 11.5 Å². The number of rotatable bonds is 8. The van der Waals surface area contributed by atoms with Gasteiger partial charge in [-0.15, -0.1) is 0 Å². The SMILES string of the molecule is CCOc1cc(/C=C/C(=O)OCC(=O)N[C@H]2CCCC[C@@H]2C)cc(Cl)c1OC. The van der Waals surface area contributed by atoms with E-state index < -0.39 is 5.97 Å². The Kier molecular flexibility index (Phi) is 8.64. The lowest BCUT2D eigenvalue weighted by Crippen LogP contribution is -2.42. The fraction of sp³-hybridized carbons (Fsp3) is 0.524. The fourth-order valence-corrected chi connectivity index (χ4v) is 3.57. The number of esters is 1. The van der Waals surface area contributed by atoms with Gasteiger partial charge in [0.2, 0.25) is 0 Å². The summed E-state index contributed by atoms with van der Waals surface area (Å²) < 4.78 is 15.8. The molecule has 0 radical (unpaired) electrons. The summed E-state index contributed by atoms with van der Waals surface area (Å²) in [6.07, 6.45) is 7.21. The van der Waals surface area contributed by atoms with Crippen molar-refractivity contribution in [3.63, 3.8) is 0 Å². The van der Waals surface area contributed by atoms with Gasteiger partial charge < -0.3 is 19.5 Å². The van der Waals surface area contributed by atoms with Crippen LogP contribution < -0.4 is 14.8 Å². The molecule has 154 valence electrons. The molecule has 1 N–H and O–H groups in total. The van der Waals surface area contributed by atoms with Gasteiger partial charge in [0.05, 0.1) is 18.7 Å². The highest BCUT2D eigenvalue weighted by molar-refractivity contribution is 6.32. The predicted octanol–water partition coefficient (Wildman–Crippen LogP) is 4.00. The number of nitrogens with one attached hydrogen (secondary N) is 1. The van der Waals surface area contributed by atoms with E-state index in [0.717, 1.165) is 19.3 Å². The molecule has 1 aliphatic rings. The number of hydrogen-bond acceptors (Lipinski definition) is 5. The third-order valence-corrected chi connectivity index (χ3v) is 5.03. The molecule has 1 fully saturated rings. The molecule has 2 atom stereocenters. The van der Waals surface area contributed by atoms with Crippen LogP contribution in [0.2, 0.25) is 5.02 Å². The van der Waals surface area contributed by atoms with E-state index in [-0.39, 0.29) is 18.6 Å². The zero-order chi connectivity index (χ0) is 20.5. The Labute approximate surface area is 171 Å². The average Bonchev–Trinajstić information content (AvgIpc) is 2.67. The topological polar surface area (TPSA) is 73.9 Å². The van der Waals surface area contributed by atoms with Crippen LogP contribution in [0.3, 0.4) is 0 Å². The summed E-state index contributed by atoms with van der Waals surface area (Å²) >= 11 is 6.18. The summed E-state index contributed by atoms with van der Waals surface area (Å²) in [5.74, 6) is 0.513. The molecule has 0 spiro atoms. The maximum atomic E-state index is 12.0. The second-order valence-corrected chi connectivity index (χ2v) is 7.25. The zero-order valence-electron chi connectivity index (χ0n) is 16.6. The fourth-order valence-electron chi connectivity index (χ4n) is 3.27. The van der Waals surface area contributed by atoms with Gasteiger partial charge in [-0.2, -0.15) is 0 Å². The number of ether oxygens (including phenoxy) is 3. The van der Waals surface area contributed by atoms with Crippen molar-refractivity contribution in [2.45, 2.75) is 45.6 Å². The Morgan fingerprint density at radius 2 is 2.04 bits per heavy atom. The highest BCUT2D eigenvalue weighted by Crippen LogP contribution is 2.36. The lowest BCUT2D eigenvalue weighted by atomic mass is 9.86. The summed E-state index contributed by atoms with van der Waals surface area (Å²) in [6.45, 7) is 4.15. The third kappa shape index (κ3) is 6.44. The molecule has 2 rings (SSSR count). The molecule has 1 saturated carbocycles. The number of benzene rings is 1. The Morgan fingerprint density at radius 3 is 2.71 bits per heavy atom. The zero-order valence-corrected chi connectivity index (χ0v) is 17.4. The van der Waals surface area contributed by atoms with E-state index in [9.17, 15) is 9.59 Å². The summed E-state index contributed by atoms with van der Waals surface area (Å²) in [6, 6.07) is 3.54. The van der Waals surface area contributed by atoms with Gasteiger partial charge in [-0.25, -0.2) is 4.79 Å². The molecule has 7 heteroatoms.